The maximum atomic E-state index is 12.5. The van der Waals surface area contributed by atoms with E-state index >= 15 is 0 Å². The lowest BCUT2D eigenvalue weighted by Gasteiger charge is -2.15. The van der Waals surface area contributed by atoms with Crippen LogP contribution >= 0.6 is 0 Å². The van der Waals surface area contributed by atoms with Crippen molar-refractivity contribution in [2.24, 2.45) is 0 Å². The van der Waals surface area contributed by atoms with Gasteiger partial charge < -0.3 is 13.9 Å². The lowest BCUT2D eigenvalue weighted by Crippen LogP contribution is -2.17. The molecule has 0 amide bonds. The lowest BCUT2D eigenvalue weighted by molar-refractivity contribution is -0.145. The molecule has 0 atom stereocenters. The molecule has 0 spiro atoms. The standard InChI is InChI=1S/C18H20O6/c1-6-22-14(20)8-23-17-9(2)7-13-16(21)10(3)12(5)24-18(13)15(17)11(4)19/h7H,6,8H2,1-5H3. The molecular formula is C18H20O6. The summed E-state index contributed by atoms with van der Waals surface area (Å²) in [5, 5.41) is 0.323. The quantitative estimate of drug-likeness (QED) is 0.618. The summed E-state index contributed by atoms with van der Waals surface area (Å²) >= 11 is 0. The molecule has 6 heteroatoms. The predicted octanol–water partition coefficient (Wildman–Crippen LogP) is 2.86. The van der Waals surface area contributed by atoms with Crippen molar-refractivity contribution in [3.8, 4) is 5.75 Å². The number of hydrogen-bond acceptors (Lipinski definition) is 6. The van der Waals surface area contributed by atoms with Crippen molar-refractivity contribution in [3.05, 3.63) is 38.7 Å². The first-order valence-corrected chi connectivity index (χ1v) is 7.64. The third kappa shape index (κ3) is 3.18. The molecular weight excluding hydrogens is 312 g/mol. The van der Waals surface area contributed by atoms with E-state index in [1.54, 1.807) is 33.8 Å². The van der Waals surface area contributed by atoms with Gasteiger partial charge in [0.2, 0.25) is 0 Å². The highest BCUT2D eigenvalue weighted by Gasteiger charge is 2.22. The van der Waals surface area contributed by atoms with Crippen LogP contribution in [0.1, 0.15) is 41.1 Å². The predicted molar refractivity (Wildman–Crippen MR) is 88.8 cm³/mol. The number of rotatable bonds is 5. The zero-order valence-corrected chi connectivity index (χ0v) is 14.4. The van der Waals surface area contributed by atoms with Crippen LogP contribution in [0.5, 0.6) is 5.75 Å². The second-order valence-electron chi connectivity index (χ2n) is 5.54. The Balaban J connectivity index is 2.68. The molecule has 24 heavy (non-hydrogen) atoms. The molecule has 2 rings (SSSR count). The minimum Gasteiger partial charge on any atom is -0.481 e. The highest BCUT2D eigenvalue weighted by atomic mass is 16.6. The lowest BCUT2D eigenvalue weighted by atomic mass is 10.0. The van der Waals surface area contributed by atoms with Crippen molar-refractivity contribution >= 4 is 22.7 Å². The number of Topliss-reactive ketones (excluding diaryl/α,β-unsaturated/α-hetero) is 1. The Kier molecular flexibility index (Phi) is 5.07. The molecule has 1 heterocycles. The first-order chi connectivity index (χ1) is 11.3. The number of hydrogen-bond donors (Lipinski definition) is 0. The molecule has 128 valence electrons. The number of ether oxygens (including phenoxy) is 2. The van der Waals surface area contributed by atoms with Crippen LogP contribution in [-0.4, -0.2) is 25.0 Å². The number of benzene rings is 1. The molecule has 0 radical (unpaired) electrons. The molecule has 2 aromatic rings. The molecule has 0 saturated carbocycles. The number of ketones is 1. The van der Waals surface area contributed by atoms with Gasteiger partial charge in [-0.3, -0.25) is 9.59 Å². The molecule has 1 aromatic heterocycles. The summed E-state index contributed by atoms with van der Waals surface area (Å²) in [7, 11) is 0. The summed E-state index contributed by atoms with van der Waals surface area (Å²) in [4.78, 5) is 36.1. The van der Waals surface area contributed by atoms with Gasteiger partial charge >= 0.3 is 5.97 Å². The molecule has 0 N–H and O–H groups in total. The Morgan fingerprint density at radius 2 is 1.88 bits per heavy atom. The van der Waals surface area contributed by atoms with Gasteiger partial charge in [0.15, 0.2) is 23.4 Å². The summed E-state index contributed by atoms with van der Waals surface area (Å²) in [5.41, 5.74) is 1.23. The average Bonchev–Trinajstić information content (AvgIpc) is 2.51. The van der Waals surface area contributed by atoms with E-state index in [-0.39, 0.29) is 41.3 Å². The van der Waals surface area contributed by atoms with Crippen molar-refractivity contribution in [2.45, 2.75) is 34.6 Å². The first-order valence-electron chi connectivity index (χ1n) is 7.64. The van der Waals surface area contributed by atoms with E-state index in [1.165, 1.54) is 6.92 Å². The van der Waals surface area contributed by atoms with E-state index in [0.29, 0.717) is 22.3 Å². The van der Waals surface area contributed by atoms with Gasteiger partial charge in [0, 0.05) is 5.56 Å². The molecule has 6 nitrogen and oxygen atoms in total. The fourth-order valence-electron chi connectivity index (χ4n) is 2.49. The van der Waals surface area contributed by atoms with Gasteiger partial charge in [0.25, 0.3) is 0 Å². The van der Waals surface area contributed by atoms with Gasteiger partial charge in [-0.15, -0.1) is 0 Å². The summed E-state index contributed by atoms with van der Waals surface area (Å²) in [6, 6.07) is 1.61. The molecule has 1 aromatic carbocycles. The van der Waals surface area contributed by atoms with Crippen LogP contribution in [-0.2, 0) is 9.53 Å². The van der Waals surface area contributed by atoms with Crippen molar-refractivity contribution in [2.75, 3.05) is 13.2 Å². The first kappa shape index (κ1) is 17.7. The van der Waals surface area contributed by atoms with E-state index in [4.69, 9.17) is 13.9 Å². The van der Waals surface area contributed by atoms with Crippen LogP contribution in [0.2, 0.25) is 0 Å². The SMILES string of the molecule is CCOC(=O)COc1c(C)cc2c(=O)c(C)c(C)oc2c1C(C)=O. The summed E-state index contributed by atoms with van der Waals surface area (Å²) in [6.07, 6.45) is 0. The van der Waals surface area contributed by atoms with E-state index < -0.39 is 5.97 Å². The van der Waals surface area contributed by atoms with Gasteiger partial charge in [-0.2, -0.15) is 0 Å². The summed E-state index contributed by atoms with van der Waals surface area (Å²) in [5.74, 6) is -0.174. The normalized spacial score (nSPS) is 10.7. The Morgan fingerprint density at radius 3 is 2.46 bits per heavy atom. The highest BCUT2D eigenvalue weighted by molar-refractivity contribution is 6.08. The molecule has 0 aliphatic heterocycles. The molecule has 0 saturated heterocycles. The van der Waals surface area contributed by atoms with E-state index in [9.17, 15) is 14.4 Å². The second kappa shape index (κ2) is 6.86. The molecule has 0 bridgehead atoms. The summed E-state index contributed by atoms with van der Waals surface area (Å²) in [6.45, 7) is 8.02. The fourth-order valence-corrected chi connectivity index (χ4v) is 2.49. The van der Waals surface area contributed by atoms with E-state index in [2.05, 4.69) is 0 Å². The molecule has 0 fully saturated rings. The van der Waals surface area contributed by atoms with Crippen molar-refractivity contribution in [3.63, 3.8) is 0 Å². The van der Waals surface area contributed by atoms with Crippen LogP contribution in [0.3, 0.4) is 0 Å². The van der Waals surface area contributed by atoms with Crippen LogP contribution in [0.15, 0.2) is 15.3 Å². The third-order valence-electron chi connectivity index (χ3n) is 3.78. The Labute approximate surface area is 139 Å². The Hall–Kier alpha value is -2.63. The molecule has 0 aliphatic carbocycles. The molecule has 0 aliphatic rings. The van der Waals surface area contributed by atoms with Crippen molar-refractivity contribution in [1.29, 1.82) is 0 Å². The Bertz CT molecular complexity index is 875. The van der Waals surface area contributed by atoms with E-state index in [0.717, 1.165) is 0 Å². The summed E-state index contributed by atoms with van der Waals surface area (Å²) < 4.78 is 16.0. The van der Waals surface area contributed by atoms with Gasteiger partial charge in [0.05, 0.1) is 12.0 Å². The second-order valence-corrected chi connectivity index (χ2v) is 5.54. The van der Waals surface area contributed by atoms with Crippen LogP contribution < -0.4 is 10.2 Å². The van der Waals surface area contributed by atoms with Gasteiger partial charge in [-0.05, 0) is 46.2 Å². The number of fused-ring (bicyclic) bond motifs is 1. The number of carbonyl (C=O) groups excluding carboxylic acids is 2. The Morgan fingerprint density at radius 1 is 1.21 bits per heavy atom. The van der Waals surface area contributed by atoms with Crippen molar-refractivity contribution in [1.82, 2.24) is 0 Å². The van der Waals surface area contributed by atoms with E-state index in [1.807, 2.05) is 0 Å². The largest absolute Gasteiger partial charge is 0.481 e. The maximum Gasteiger partial charge on any atom is 0.344 e. The number of esters is 1. The highest BCUT2D eigenvalue weighted by Crippen LogP contribution is 2.32. The smallest absolute Gasteiger partial charge is 0.344 e. The van der Waals surface area contributed by atoms with Crippen LogP contribution in [0.25, 0.3) is 11.0 Å². The maximum absolute atomic E-state index is 12.5. The van der Waals surface area contributed by atoms with Gasteiger partial charge in [-0.25, -0.2) is 4.79 Å². The van der Waals surface area contributed by atoms with Crippen LogP contribution in [0.4, 0.5) is 0 Å². The van der Waals surface area contributed by atoms with Crippen molar-refractivity contribution < 1.29 is 23.5 Å². The fraction of sp³-hybridized carbons (Fsp3) is 0.389. The topological polar surface area (TPSA) is 82.8 Å². The zero-order valence-electron chi connectivity index (χ0n) is 14.4. The monoisotopic (exact) mass is 332 g/mol. The van der Waals surface area contributed by atoms with Gasteiger partial charge in [0.1, 0.15) is 17.1 Å². The zero-order chi connectivity index (χ0) is 18.0. The average molecular weight is 332 g/mol. The molecule has 0 unspecified atom stereocenters. The minimum absolute atomic E-state index is 0.162. The number of carbonyl (C=O) groups is 2. The minimum atomic E-state index is -0.534. The van der Waals surface area contributed by atoms with Crippen LogP contribution in [0, 0.1) is 20.8 Å². The van der Waals surface area contributed by atoms with Gasteiger partial charge in [-0.1, -0.05) is 0 Å². The third-order valence-corrected chi connectivity index (χ3v) is 3.78. The number of aryl methyl sites for hydroxylation is 2.